The van der Waals surface area contributed by atoms with E-state index < -0.39 is 16.1 Å². The van der Waals surface area contributed by atoms with Crippen molar-refractivity contribution in [1.82, 2.24) is 9.71 Å². The van der Waals surface area contributed by atoms with E-state index in [2.05, 4.69) is 10.8 Å². The third kappa shape index (κ3) is 5.79. The number of thiazole rings is 1. The van der Waals surface area contributed by atoms with Crippen molar-refractivity contribution in [2.75, 3.05) is 20.3 Å². The molecular formula is C25H23N3O4S2. The number of aromatic nitrogens is 1. The van der Waals surface area contributed by atoms with Crippen molar-refractivity contribution in [2.24, 2.45) is 0 Å². The van der Waals surface area contributed by atoms with Gasteiger partial charge in [-0.15, -0.1) is 11.3 Å². The van der Waals surface area contributed by atoms with Crippen LogP contribution in [0.1, 0.15) is 22.2 Å². The van der Waals surface area contributed by atoms with Gasteiger partial charge in [0.1, 0.15) is 17.4 Å². The molecular weight excluding hydrogens is 470 g/mol. The number of nitriles is 1. The molecule has 1 atom stereocenters. The number of nitrogens with one attached hydrogen (secondary N) is 1. The van der Waals surface area contributed by atoms with Gasteiger partial charge >= 0.3 is 0 Å². The second kappa shape index (κ2) is 10.8. The summed E-state index contributed by atoms with van der Waals surface area (Å²) in [4.78, 5) is 4.89. The lowest BCUT2D eigenvalue weighted by Crippen LogP contribution is -2.30. The van der Waals surface area contributed by atoms with Crippen molar-refractivity contribution >= 4 is 31.6 Å². The Kier molecular flexibility index (Phi) is 7.55. The molecule has 0 bridgehead atoms. The topological polar surface area (TPSA) is 101 Å². The highest BCUT2D eigenvalue weighted by molar-refractivity contribution is 7.89. The van der Waals surface area contributed by atoms with Crippen molar-refractivity contribution in [3.8, 4) is 11.8 Å². The van der Waals surface area contributed by atoms with Crippen LogP contribution < -0.4 is 9.46 Å². The number of fused-ring (bicyclic) bond motifs is 1. The Labute approximate surface area is 202 Å². The Hall–Kier alpha value is -3.29. The summed E-state index contributed by atoms with van der Waals surface area (Å²) in [6.07, 6.45) is 0.346. The van der Waals surface area contributed by atoms with Crippen LogP contribution in [-0.2, 0) is 21.2 Å². The van der Waals surface area contributed by atoms with Crippen LogP contribution in [0, 0.1) is 11.3 Å². The highest BCUT2D eigenvalue weighted by atomic mass is 32.2. The summed E-state index contributed by atoms with van der Waals surface area (Å²) >= 11 is 1.41. The molecule has 1 N–H and O–H groups in total. The van der Waals surface area contributed by atoms with Gasteiger partial charge in [-0.05, 0) is 54.4 Å². The van der Waals surface area contributed by atoms with Gasteiger partial charge in [0.05, 0.1) is 39.4 Å². The Bertz CT molecular complexity index is 1410. The van der Waals surface area contributed by atoms with Gasteiger partial charge in [0.15, 0.2) is 0 Å². The smallest absolute Gasteiger partial charge is 0.241 e. The summed E-state index contributed by atoms with van der Waals surface area (Å²) in [6.45, 7) is 0.916. The zero-order valence-corrected chi connectivity index (χ0v) is 20.1. The molecule has 1 heterocycles. The van der Waals surface area contributed by atoms with Crippen LogP contribution in [0.5, 0.6) is 5.75 Å². The Balaban J connectivity index is 1.68. The molecule has 1 unspecified atom stereocenters. The van der Waals surface area contributed by atoms with E-state index in [1.54, 1.807) is 55.6 Å². The maximum atomic E-state index is 13.1. The van der Waals surface area contributed by atoms with E-state index in [0.717, 1.165) is 15.8 Å². The average Bonchev–Trinajstić information content (AvgIpc) is 3.28. The van der Waals surface area contributed by atoms with Crippen molar-refractivity contribution in [2.45, 2.75) is 17.4 Å². The Morgan fingerprint density at radius 1 is 1.06 bits per heavy atom. The molecule has 7 nitrogen and oxygen atoms in total. The van der Waals surface area contributed by atoms with Gasteiger partial charge in [-0.3, -0.25) is 0 Å². The summed E-state index contributed by atoms with van der Waals surface area (Å²) in [7, 11) is -2.17. The van der Waals surface area contributed by atoms with Gasteiger partial charge in [0, 0.05) is 7.11 Å². The van der Waals surface area contributed by atoms with Crippen molar-refractivity contribution < 1.29 is 17.9 Å². The highest BCUT2D eigenvalue weighted by Crippen LogP contribution is 2.32. The van der Waals surface area contributed by atoms with E-state index in [1.165, 1.54) is 11.3 Å². The second-order valence-electron chi connectivity index (χ2n) is 7.53. The number of hydrogen-bond donors (Lipinski definition) is 1. The zero-order chi connectivity index (χ0) is 24.0. The van der Waals surface area contributed by atoms with E-state index in [4.69, 9.17) is 14.5 Å². The SMILES string of the molecule is COCCOc1ccc2nc(C(Cc3cccc(C#N)c3)NS(=O)(=O)c3ccccc3)sc2c1. The zero-order valence-electron chi connectivity index (χ0n) is 18.5. The molecule has 9 heteroatoms. The molecule has 0 spiro atoms. The molecule has 34 heavy (non-hydrogen) atoms. The monoisotopic (exact) mass is 493 g/mol. The van der Waals surface area contributed by atoms with Gasteiger partial charge in [0.25, 0.3) is 0 Å². The lowest BCUT2D eigenvalue weighted by atomic mass is 10.0. The van der Waals surface area contributed by atoms with Crippen molar-refractivity contribution in [1.29, 1.82) is 5.26 Å². The van der Waals surface area contributed by atoms with E-state index in [0.29, 0.717) is 36.0 Å². The molecule has 0 saturated carbocycles. The number of benzene rings is 3. The molecule has 0 radical (unpaired) electrons. The second-order valence-corrected chi connectivity index (χ2v) is 10.3. The quantitative estimate of drug-likeness (QED) is 0.328. The van der Waals surface area contributed by atoms with Gasteiger partial charge in [-0.1, -0.05) is 30.3 Å². The van der Waals surface area contributed by atoms with Crippen molar-refractivity contribution in [3.05, 3.63) is 88.9 Å². The lowest BCUT2D eigenvalue weighted by molar-refractivity contribution is 0.146. The van der Waals surface area contributed by atoms with Gasteiger partial charge in [-0.2, -0.15) is 5.26 Å². The highest BCUT2D eigenvalue weighted by Gasteiger charge is 2.25. The van der Waals surface area contributed by atoms with Crippen LogP contribution in [0.2, 0.25) is 0 Å². The first-order chi connectivity index (χ1) is 16.5. The molecule has 174 valence electrons. The molecule has 0 aliphatic heterocycles. The van der Waals surface area contributed by atoms with E-state index in [-0.39, 0.29) is 4.90 Å². The number of ether oxygens (including phenoxy) is 2. The summed E-state index contributed by atoms with van der Waals surface area (Å²) in [5.74, 6) is 0.697. The number of rotatable bonds is 10. The third-order valence-electron chi connectivity index (χ3n) is 5.08. The molecule has 0 fully saturated rings. The van der Waals surface area contributed by atoms with E-state index in [1.807, 2.05) is 24.3 Å². The van der Waals surface area contributed by atoms with Gasteiger partial charge < -0.3 is 9.47 Å². The Morgan fingerprint density at radius 2 is 1.88 bits per heavy atom. The minimum atomic E-state index is -3.79. The summed E-state index contributed by atoms with van der Waals surface area (Å²) in [5.41, 5.74) is 2.11. The fourth-order valence-electron chi connectivity index (χ4n) is 3.44. The van der Waals surface area contributed by atoms with E-state index in [9.17, 15) is 13.7 Å². The number of nitrogens with zero attached hydrogens (tertiary/aromatic N) is 2. The maximum absolute atomic E-state index is 13.1. The average molecular weight is 494 g/mol. The first-order valence-electron chi connectivity index (χ1n) is 10.6. The van der Waals surface area contributed by atoms with Crippen LogP contribution in [0.4, 0.5) is 0 Å². The van der Waals surface area contributed by atoms with Crippen molar-refractivity contribution in [3.63, 3.8) is 0 Å². The fraction of sp³-hybridized carbons (Fsp3) is 0.200. The van der Waals surface area contributed by atoms with Crippen LogP contribution in [-0.4, -0.2) is 33.7 Å². The molecule has 4 aromatic rings. The van der Waals surface area contributed by atoms with Crippen LogP contribution in [0.3, 0.4) is 0 Å². The van der Waals surface area contributed by atoms with E-state index >= 15 is 0 Å². The first-order valence-corrected chi connectivity index (χ1v) is 12.9. The third-order valence-corrected chi connectivity index (χ3v) is 7.70. The first kappa shape index (κ1) is 23.9. The molecule has 0 saturated heterocycles. The maximum Gasteiger partial charge on any atom is 0.241 e. The van der Waals surface area contributed by atoms with Crippen LogP contribution >= 0.6 is 11.3 Å². The fourth-order valence-corrected chi connectivity index (χ4v) is 5.79. The lowest BCUT2D eigenvalue weighted by Gasteiger charge is -2.17. The largest absolute Gasteiger partial charge is 0.491 e. The summed E-state index contributed by atoms with van der Waals surface area (Å²) < 4.78 is 40.7. The van der Waals surface area contributed by atoms with Crippen LogP contribution in [0.25, 0.3) is 10.2 Å². The molecule has 0 aliphatic carbocycles. The molecule has 3 aromatic carbocycles. The standard InChI is InChI=1S/C25H23N3O4S2/c1-31-12-13-32-20-10-11-22-24(16-20)33-25(27-22)23(15-18-6-5-7-19(14-18)17-26)28-34(29,30)21-8-3-2-4-9-21/h2-11,14,16,23,28H,12-13,15H2,1H3. The molecule has 0 amide bonds. The summed E-state index contributed by atoms with van der Waals surface area (Å²) in [5, 5.41) is 9.89. The van der Waals surface area contributed by atoms with Gasteiger partial charge in [0.2, 0.25) is 10.0 Å². The normalized spacial score (nSPS) is 12.4. The van der Waals surface area contributed by atoms with Crippen LogP contribution in [0.15, 0.2) is 77.7 Å². The molecule has 0 aliphatic rings. The minimum absolute atomic E-state index is 0.181. The minimum Gasteiger partial charge on any atom is -0.491 e. The predicted molar refractivity (Wildman–Crippen MR) is 131 cm³/mol. The predicted octanol–water partition coefficient (Wildman–Crippen LogP) is 4.46. The van der Waals surface area contributed by atoms with Gasteiger partial charge in [-0.25, -0.2) is 18.1 Å². The number of hydrogen-bond acceptors (Lipinski definition) is 7. The summed E-state index contributed by atoms with van der Waals surface area (Å²) in [6, 6.07) is 22.5. The molecule has 4 rings (SSSR count). The number of sulfonamides is 1. The Morgan fingerprint density at radius 3 is 2.65 bits per heavy atom. The molecule has 1 aromatic heterocycles. The number of methoxy groups -OCH3 is 1.